The van der Waals surface area contributed by atoms with Crippen molar-refractivity contribution in [1.82, 2.24) is 5.32 Å². The minimum Gasteiger partial charge on any atom is -0.314 e. The highest BCUT2D eigenvalue weighted by Crippen LogP contribution is 2.45. The van der Waals surface area contributed by atoms with E-state index in [0.29, 0.717) is 5.41 Å². The summed E-state index contributed by atoms with van der Waals surface area (Å²) >= 11 is 0. The highest BCUT2D eigenvalue weighted by molar-refractivity contribution is 4.91. The van der Waals surface area contributed by atoms with Gasteiger partial charge < -0.3 is 5.32 Å². The monoisotopic (exact) mass is 197 g/mol. The van der Waals surface area contributed by atoms with E-state index in [1.807, 2.05) is 0 Å². The Bertz CT molecular complexity index is 157. The molecular weight excluding hydrogens is 170 g/mol. The number of hydrogen-bond donors (Lipinski definition) is 1. The summed E-state index contributed by atoms with van der Waals surface area (Å²) in [6.45, 7) is 10.5. The summed E-state index contributed by atoms with van der Waals surface area (Å²) in [7, 11) is 0. The molecule has 0 radical (unpaired) electrons. The van der Waals surface area contributed by atoms with Gasteiger partial charge in [0.2, 0.25) is 0 Å². The van der Waals surface area contributed by atoms with Crippen LogP contribution in [0.1, 0.15) is 59.8 Å². The molecule has 84 valence electrons. The van der Waals surface area contributed by atoms with Crippen LogP contribution in [-0.2, 0) is 0 Å². The van der Waals surface area contributed by atoms with Crippen molar-refractivity contribution in [3.05, 3.63) is 0 Å². The Labute approximate surface area is 89.7 Å². The largest absolute Gasteiger partial charge is 0.314 e. The molecule has 0 aromatic carbocycles. The van der Waals surface area contributed by atoms with Crippen molar-refractivity contribution >= 4 is 0 Å². The van der Waals surface area contributed by atoms with Crippen LogP contribution in [0, 0.1) is 11.3 Å². The average Bonchev–Trinajstić information content (AvgIpc) is 2.45. The van der Waals surface area contributed by atoms with Gasteiger partial charge in [0, 0.05) is 6.04 Å². The molecule has 1 rings (SSSR count). The van der Waals surface area contributed by atoms with Crippen molar-refractivity contribution < 1.29 is 0 Å². The predicted octanol–water partition coefficient (Wildman–Crippen LogP) is 3.59. The van der Waals surface area contributed by atoms with Gasteiger partial charge in [-0.15, -0.1) is 0 Å². The van der Waals surface area contributed by atoms with Crippen LogP contribution in [0.15, 0.2) is 0 Å². The fourth-order valence-corrected chi connectivity index (χ4v) is 3.12. The van der Waals surface area contributed by atoms with Gasteiger partial charge in [0.15, 0.2) is 0 Å². The molecule has 0 aliphatic heterocycles. The van der Waals surface area contributed by atoms with Gasteiger partial charge in [0.1, 0.15) is 0 Å². The molecule has 2 unspecified atom stereocenters. The number of nitrogens with one attached hydrogen (secondary N) is 1. The second kappa shape index (κ2) is 5.16. The lowest BCUT2D eigenvalue weighted by Crippen LogP contribution is -2.40. The summed E-state index contributed by atoms with van der Waals surface area (Å²) in [6.07, 6.45) is 6.95. The minimum atomic E-state index is 0.571. The van der Waals surface area contributed by atoms with Gasteiger partial charge in [-0.25, -0.2) is 0 Å². The summed E-state index contributed by atoms with van der Waals surface area (Å²) in [4.78, 5) is 0. The first-order valence-corrected chi connectivity index (χ1v) is 6.35. The molecule has 0 aromatic heterocycles. The van der Waals surface area contributed by atoms with Crippen molar-refractivity contribution in [1.29, 1.82) is 0 Å². The predicted molar refractivity (Wildman–Crippen MR) is 63.5 cm³/mol. The van der Waals surface area contributed by atoms with Crippen molar-refractivity contribution in [2.24, 2.45) is 11.3 Å². The summed E-state index contributed by atoms with van der Waals surface area (Å²) in [6, 6.07) is 0.766. The lowest BCUT2D eigenvalue weighted by Gasteiger charge is -2.34. The summed E-state index contributed by atoms with van der Waals surface area (Å²) in [5.41, 5.74) is 0.571. The maximum atomic E-state index is 3.68. The molecule has 0 saturated heterocycles. The lowest BCUT2D eigenvalue weighted by molar-refractivity contribution is 0.190. The molecule has 1 aliphatic rings. The van der Waals surface area contributed by atoms with Gasteiger partial charge in [-0.1, -0.05) is 40.5 Å². The molecule has 1 heteroatoms. The first-order chi connectivity index (χ1) is 6.61. The third kappa shape index (κ3) is 2.73. The zero-order valence-electron chi connectivity index (χ0n) is 10.4. The van der Waals surface area contributed by atoms with E-state index in [2.05, 4.69) is 33.0 Å². The van der Waals surface area contributed by atoms with E-state index >= 15 is 0 Å². The fraction of sp³-hybridized carbons (Fsp3) is 1.00. The van der Waals surface area contributed by atoms with Gasteiger partial charge in [-0.05, 0) is 37.1 Å². The Kier molecular flexibility index (Phi) is 4.43. The molecule has 2 atom stereocenters. The quantitative estimate of drug-likeness (QED) is 0.710. The van der Waals surface area contributed by atoms with Crippen LogP contribution in [0.25, 0.3) is 0 Å². The van der Waals surface area contributed by atoms with Gasteiger partial charge in [-0.2, -0.15) is 0 Å². The van der Waals surface area contributed by atoms with E-state index in [1.165, 1.54) is 32.1 Å². The molecule has 0 spiro atoms. The first-order valence-electron chi connectivity index (χ1n) is 6.35. The molecule has 1 saturated carbocycles. The van der Waals surface area contributed by atoms with E-state index in [1.54, 1.807) is 0 Å². The highest BCUT2D eigenvalue weighted by atomic mass is 14.9. The number of rotatable bonds is 5. The maximum absolute atomic E-state index is 3.68. The molecule has 1 fully saturated rings. The fourth-order valence-electron chi connectivity index (χ4n) is 3.12. The lowest BCUT2D eigenvalue weighted by atomic mass is 9.76. The maximum Gasteiger partial charge on any atom is 0.0100 e. The van der Waals surface area contributed by atoms with Crippen molar-refractivity contribution in [3.8, 4) is 0 Å². The average molecular weight is 197 g/mol. The molecule has 14 heavy (non-hydrogen) atoms. The normalized spacial score (nSPS) is 27.9. The van der Waals surface area contributed by atoms with E-state index < -0.39 is 0 Å². The number of hydrogen-bond acceptors (Lipinski definition) is 1. The Morgan fingerprint density at radius 1 is 1.36 bits per heavy atom. The second-order valence-corrected chi connectivity index (χ2v) is 5.44. The summed E-state index contributed by atoms with van der Waals surface area (Å²) < 4.78 is 0. The van der Waals surface area contributed by atoms with Crippen molar-refractivity contribution in [2.75, 3.05) is 6.54 Å². The highest BCUT2D eigenvalue weighted by Gasteiger charge is 2.38. The zero-order chi connectivity index (χ0) is 10.6. The van der Waals surface area contributed by atoms with E-state index in [9.17, 15) is 0 Å². The SMILES string of the molecule is CCCC(NCC)C1CCCC1(C)C. The molecule has 1 N–H and O–H groups in total. The van der Waals surface area contributed by atoms with Crippen LogP contribution in [-0.4, -0.2) is 12.6 Å². The third-order valence-corrected chi connectivity index (χ3v) is 3.89. The van der Waals surface area contributed by atoms with Crippen LogP contribution < -0.4 is 5.32 Å². The molecule has 0 aromatic rings. The molecule has 0 heterocycles. The van der Waals surface area contributed by atoms with Gasteiger partial charge in [0.25, 0.3) is 0 Å². The molecule has 1 aliphatic carbocycles. The third-order valence-electron chi connectivity index (χ3n) is 3.89. The van der Waals surface area contributed by atoms with Crippen LogP contribution in [0.4, 0.5) is 0 Å². The van der Waals surface area contributed by atoms with Crippen molar-refractivity contribution in [3.63, 3.8) is 0 Å². The van der Waals surface area contributed by atoms with Gasteiger partial charge in [-0.3, -0.25) is 0 Å². The van der Waals surface area contributed by atoms with Crippen LogP contribution in [0.2, 0.25) is 0 Å². The van der Waals surface area contributed by atoms with Crippen LogP contribution >= 0.6 is 0 Å². The smallest absolute Gasteiger partial charge is 0.0100 e. The van der Waals surface area contributed by atoms with Crippen LogP contribution in [0.3, 0.4) is 0 Å². The topological polar surface area (TPSA) is 12.0 Å². The van der Waals surface area contributed by atoms with E-state index in [-0.39, 0.29) is 0 Å². The summed E-state index contributed by atoms with van der Waals surface area (Å²) in [5.74, 6) is 0.905. The zero-order valence-corrected chi connectivity index (χ0v) is 10.4. The Morgan fingerprint density at radius 2 is 2.07 bits per heavy atom. The Morgan fingerprint density at radius 3 is 2.50 bits per heavy atom. The Hall–Kier alpha value is -0.0400. The molecular formula is C13H27N. The molecule has 0 amide bonds. The first kappa shape index (κ1) is 12.0. The van der Waals surface area contributed by atoms with E-state index in [4.69, 9.17) is 0 Å². The van der Waals surface area contributed by atoms with Crippen molar-refractivity contribution in [2.45, 2.75) is 65.8 Å². The van der Waals surface area contributed by atoms with E-state index in [0.717, 1.165) is 18.5 Å². The summed E-state index contributed by atoms with van der Waals surface area (Å²) in [5, 5.41) is 3.68. The Balaban J connectivity index is 2.57. The van der Waals surface area contributed by atoms with Crippen LogP contribution in [0.5, 0.6) is 0 Å². The molecule has 0 bridgehead atoms. The van der Waals surface area contributed by atoms with Gasteiger partial charge in [0.05, 0.1) is 0 Å². The minimum absolute atomic E-state index is 0.571. The standard InChI is InChI=1S/C13H27N/c1-5-8-12(14-6-2)11-9-7-10-13(11,3)4/h11-12,14H,5-10H2,1-4H3. The molecule has 1 nitrogen and oxygen atoms in total. The second-order valence-electron chi connectivity index (χ2n) is 5.44. The van der Waals surface area contributed by atoms with Gasteiger partial charge >= 0.3 is 0 Å².